The Kier molecular flexibility index (Phi) is 3.25. The summed E-state index contributed by atoms with van der Waals surface area (Å²) in [5.41, 5.74) is 0.445. The second kappa shape index (κ2) is 4.26. The van der Waals surface area contributed by atoms with Crippen molar-refractivity contribution in [3.63, 3.8) is 0 Å². The number of aromatic nitrogens is 1. The minimum absolute atomic E-state index is 0.216. The zero-order chi connectivity index (χ0) is 11.6. The first-order valence-electron chi connectivity index (χ1n) is 4.15. The van der Waals surface area contributed by atoms with Gasteiger partial charge in [0.05, 0.1) is 0 Å². The molecule has 1 aromatic rings. The highest BCUT2D eigenvalue weighted by Gasteiger charge is 2.18. The molecule has 0 saturated heterocycles. The second-order valence-electron chi connectivity index (χ2n) is 3.00. The number of carboxylic acid groups (broad SMARTS) is 1. The summed E-state index contributed by atoms with van der Waals surface area (Å²) in [6.07, 6.45) is 0. The quantitative estimate of drug-likeness (QED) is 0.677. The molecule has 1 amide bonds. The first-order chi connectivity index (χ1) is 6.91. The number of aryl methyl sites for hydroxylation is 1. The Balaban J connectivity index is 2.82. The molecule has 0 spiro atoms. The summed E-state index contributed by atoms with van der Waals surface area (Å²) in [5, 5.41) is 10.8. The molecule has 0 aromatic carbocycles. The highest BCUT2D eigenvalue weighted by molar-refractivity contribution is 7.11. The van der Waals surface area contributed by atoms with E-state index >= 15 is 0 Å². The molecule has 0 aliphatic carbocycles. The fourth-order valence-electron chi connectivity index (χ4n) is 0.945. The van der Waals surface area contributed by atoms with E-state index in [4.69, 9.17) is 5.11 Å². The first kappa shape index (κ1) is 11.4. The maximum atomic E-state index is 11.5. The zero-order valence-electron chi connectivity index (χ0n) is 8.16. The van der Waals surface area contributed by atoms with Gasteiger partial charge in [0, 0.05) is 5.69 Å². The Bertz CT molecular complexity index is 448. The van der Waals surface area contributed by atoms with Crippen molar-refractivity contribution in [1.82, 2.24) is 10.3 Å². The molecule has 3 N–H and O–H groups in total. The van der Waals surface area contributed by atoms with Crippen LogP contribution in [-0.2, 0) is 4.79 Å². The van der Waals surface area contributed by atoms with E-state index in [0.29, 0.717) is 5.69 Å². The van der Waals surface area contributed by atoms with Crippen LogP contribution in [0.1, 0.15) is 22.3 Å². The molecule has 0 fully saturated rings. The topological polar surface area (TPSA) is 99.3 Å². The van der Waals surface area contributed by atoms with Crippen LogP contribution in [0.25, 0.3) is 0 Å². The molecular weight excluding hydrogens is 220 g/mol. The van der Waals surface area contributed by atoms with E-state index in [9.17, 15) is 14.4 Å². The van der Waals surface area contributed by atoms with E-state index in [1.807, 2.05) is 0 Å². The Morgan fingerprint density at radius 2 is 2.13 bits per heavy atom. The number of amides is 1. The number of aromatic amines is 1. The molecule has 1 atom stereocenters. The average Bonchev–Trinajstić information content (AvgIpc) is 2.44. The average molecular weight is 230 g/mol. The summed E-state index contributed by atoms with van der Waals surface area (Å²) < 4.78 is 0. The van der Waals surface area contributed by atoms with Gasteiger partial charge in [0.15, 0.2) is 0 Å². The molecule has 0 bridgehead atoms. The molecule has 15 heavy (non-hydrogen) atoms. The summed E-state index contributed by atoms with van der Waals surface area (Å²) in [4.78, 5) is 35.2. The Labute approximate surface area is 88.9 Å². The lowest BCUT2D eigenvalue weighted by Gasteiger charge is -2.07. The standard InChI is InChI=1S/C8H10N2O4S/c1-3-5(15-8(14)10-3)6(11)9-4(2)7(12)13/h4H,1-2H3,(H,9,11)(H,10,14)(H,12,13). The second-order valence-corrected chi connectivity index (χ2v) is 3.99. The largest absolute Gasteiger partial charge is 0.480 e. The fourth-order valence-corrected chi connectivity index (χ4v) is 1.69. The van der Waals surface area contributed by atoms with Crippen molar-refractivity contribution >= 4 is 23.2 Å². The van der Waals surface area contributed by atoms with E-state index < -0.39 is 17.9 Å². The van der Waals surface area contributed by atoms with Crippen LogP contribution in [0.5, 0.6) is 0 Å². The van der Waals surface area contributed by atoms with Crippen molar-refractivity contribution < 1.29 is 14.7 Å². The van der Waals surface area contributed by atoms with Gasteiger partial charge >= 0.3 is 10.8 Å². The van der Waals surface area contributed by atoms with E-state index in [0.717, 1.165) is 11.3 Å². The van der Waals surface area contributed by atoms with Gasteiger partial charge in [0.25, 0.3) is 5.91 Å². The molecular formula is C8H10N2O4S. The van der Waals surface area contributed by atoms with Crippen molar-refractivity contribution in [3.8, 4) is 0 Å². The molecule has 1 unspecified atom stereocenters. The molecule has 6 nitrogen and oxygen atoms in total. The fraction of sp³-hybridized carbons (Fsp3) is 0.375. The maximum Gasteiger partial charge on any atom is 0.325 e. The number of aliphatic carboxylic acids is 1. The number of rotatable bonds is 3. The third kappa shape index (κ3) is 2.66. The van der Waals surface area contributed by atoms with Gasteiger partial charge in [-0.05, 0) is 13.8 Å². The van der Waals surface area contributed by atoms with Crippen molar-refractivity contribution in [1.29, 1.82) is 0 Å². The highest BCUT2D eigenvalue weighted by Crippen LogP contribution is 2.07. The molecule has 0 aliphatic rings. The number of thiazole rings is 1. The van der Waals surface area contributed by atoms with Crippen molar-refractivity contribution in [2.24, 2.45) is 0 Å². The Morgan fingerprint density at radius 3 is 2.53 bits per heavy atom. The summed E-state index contributed by atoms with van der Waals surface area (Å²) in [6, 6.07) is -0.978. The molecule has 1 heterocycles. The molecule has 82 valence electrons. The third-order valence-corrected chi connectivity index (χ3v) is 2.73. The van der Waals surface area contributed by atoms with Gasteiger partial charge in [0.1, 0.15) is 10.9 Å². The zero-order valence-corrected chi connectivity index (χ0v) is 8.97. The SMILES string of the molecule is Cc1[nH]c(=O)sc1C(=O)NC(C)C(=O)O. The summed E-state index contributed by atoms with van der Waals surface area (Å²) in [5.74, 6) is -1.67. The van der Waals surface area contributed by atoms with Crippen LogP contribution < -0.4 is 10.2 Å². The van der Waals surface area contributed by atoms with Gasteiger partial charge in [-0.1, -0.05) is 11.3 Å². The van der Waals surface area contributed by atoms with Gasteiger partial charge in [0.2, 0.25) is 0 Å². The monoisotopic (exact) mass is 230 g/mol. The van der Waals surface area contributed by atoms with Crippen molar-refractivity contribution in [3.05, 3.63) is 20.2 Å². The Morgan fingerprint density at radius 1 is 1.53 bits per heavy atom. The summed E-state index contributed by atoms with van der Waals surface area (Å²) in [7, 11) is 0. The smallest absolute Gasteiger partial charge is 0.325 e. The van der Waals surface area contributed by atoms with Crippen LogP contribution in [0.4, 0.5) is 0 Å². The van der Waals surface area contributed by atoms with E-state index in [-0.39, 0.29) is 9.75 Å². The minimum atomic E-state index is -1.12. The van der Waals surface area contributed by atoms with Crippen molar-refractivity contribution in [2.45, 2.75) is 19.9 Å². The van der Waals surface area contributed by atoms with Crippen LogP contribution in [-0.4, -0.2) is 28.0 Å². The van der Waals surface area contributed by atoms with Gasteiger partial charge in [-0.2, -0.15) is 0 Å². The Hall–Kier alpha value is -1.63. The molecule has 0 aliphatic heterocycles. The van der Waals surface area contributed by atoms with Crippen LogP contribution in [0.2, 0.25) is 0 Å². The maximum absolute atomic E-state index is 11.5. The van der Waals surface area contributed by atoms with Gasteiger partial charge in [-0.25, -0.2) is 0 Å². The predicted octanol–water partition coefficient (Wildman–Crippen LogP) is -0.0523. The minimum Gasteiger partial charge on any atom is -0.480 e. The number of nitrogens with one attached hydrogen (secondary N) is 2. The summed E-state index contributed by atoms with van der Waals surface area (Å²) >= 11 is 0.760. The number of carbonyl (C=O) groups is 2. The van der Waals surface area contributed by atoms with E-state index in [2.05, 4.69) is 10.3 Å². The lowest BCUT2D eigenvalue weighted by atomic mass is 10.3. The highest BCUT2D eigenvalue weighted by atomic mass is 32.1. The molecule has 1 rings (SSSR count). The van der Waals surface area contributed by atoms with Crippen molar-refractivity contribution in [2.75, 3.05) is 0 Å². The van der Waals surface area contributed by atoms with Gasteiger partial charge < -0.3 is 15.4 Å². The van der Waals surface area contributed by atoms with E-state index in [1.165, 1.54) is 6.92 Å². The third-order valence-electron chi connectivity index (χ3n) is 1.75. The van der Waals surface area contributed by atoms with Crippen LogP contribution in [0.15, 0.2) is 4.79 Å². The van der Waals surface area contributed by atoms with Gasteiger partial charge in [-0.3, -0.25) is 14.4 Å². The molecule has 7 heteroatoms. The molecule has 0 saturated carbocycles. The molecule has 0 radical (unpaired) electrons. The van der Waals surface area contributed by atoms with Gasteiger partial charge in [-0.15, -0.1) is 0 Å². The number of carbonyl (C=O) groups excluding carboxylic acids is 1. The number of H-pyrrole nitrogens is 1. The van der Waals surface area contributed by atoms with Crippen LogP contribution >= 0.6 is 11.3 Å². The predicted molar refractivity (Wildman–Crippen MR) is 54.2 cm³/mol. The molecule has 1 aromatic heterocycles. The van der Waals surface area contributed by atoms with Crippen LogP contribution in [0.3, 0.4) is 0 Å². The number of hydrogen-bond acceptors (Lipinski definition) is 4. The lowest BCUT2D eigenvalue weighted by molar-refractivity contribution is -0.138. The van der Waals surface area contributed by atoms with Crippen LogP contribution in [0, 0.1) is 6.92 Å². The van der Waals surface area contributed by atoms with E-state index in [1.54, 1.807) is 6.92 Å². The normalized spacial score (nSPS) is 12.1. The number of hydrogen-bond donors (Lipinski definition) is 3. The number of carboxylic acids is 1. The first-order valence-corrected chi connectivity index (χ1v) is 4.97. The summed E-state index contributed by atoms with van der Waals surface area (Å²) in [6.45, 7) is 2.93. The lowest BCUT2D eigenvalue weighted by Crippen LogP contribution is -2.38.